The quantitative estimate of drug-likeness (QED) is 0.719. The lowest BCUT2D eigenvalue weighted by Gasteiger charge is -1.91. The highest BCUT2D eigenvalue weighted by Gasteiger charge is 1.86. The lowest BCUT2D eigenvalue weighted by atomic mass is 10.5. The fourth-order valence-electron chi connectivity index (χ4n) is 0.670. The maximum atomic E-state index is 10.0. The second-order valence-electron chi connectivity index (χ2n) is 2.00. The molecule has 66 valence electrons. The number of carboxylic acid groups (broad SMARTS) is 1. The van der Waals surface area contributed by atoms with Crippen LogP contribution in [0.5, 0.6) is 0 Å². The number of imidazole rings is 1. The van der Waals surface area contributed by atoms with Crippen LogP contribution in [0.4, 0.5) is 0 Å². The summed E-state index contributed by atoms with van der Waals surface area (Å²) in [7, 11) is 0. The van der Waals surface area contributed by atoms with Crippen LogP contribution in [0, 0.1) is 0 Å². The Morgan fingerprint density at radius 2 is 2.42 bits per heavy atom. The number of hydrogen-bond acceptors (Lipinski definition) is 2. The standard InChI is InChI=1S/C7H8N2O2.ClH/c10-7(11)2-1-4-9-5-3-8-6-9;/h1-3,5-6H,4H2,(H,10,11);1H/b2-1+;. The van der Waals surface area contributed by atoms with Crippen LogP contribution in [0.25, 0.3) is 0 Å². The van der Waals surface area contributed by atoms with Gasteiger partial charge >= 0.3 is 5.97 Å². The molecule has 1 N–H and O–H groups in total. The first-order chi connectivity index (χ1) is 5.29. The minimum Gasteiger partial charge on any atom is -0.478 e. The Morgan fingerprint density at radius 3 is 2.92 bits per heavy atom. The predicted molar refractivity (Wildman–Crippen MR) is 46.3 cm³/mol. The molecular weight excluding hydrogens is 180 g/mol. The van der Waals surface area contributed by atoms with Crippen molar-refractivity contribution >= 4 is 18.4 Å². The number of carbonyl (C=O) groups is 1. The third kappa shape index (κ3) is 3.78. The van der Waals surface area contributed by atoms with Gasteiger partial charge < -0.3 is 9.67 Å². The first-order valence-electron chi connectivity index (χ1n) is 3.14. The van der Waals surface area contributed by atoms with Crippen LogP contribution in [0.3, 0.4) is 0 Å². The monoisotopic (exact) mass is 188 g/mol. The van der Waals surface area contributed by atoms with Gasteiger partial charge in [0.25, 0.3) is 0 Å². The molecule has 12 heavy (non-hydrogen) atoms. The van der Waals surface area contributed by atoms with E-state index in [1.165, 1.54) is 0 Å². The number of carboxylic acids is 1. The van der Waals surface area contributed by atoms with Gasteiger partial charge in [0.1, 0.15) is 0 Å². The zero-order valence-electron chi connectivity index (χ0n) is 6.25. The Balaban J connectivity index is 0.00000121. The van der Waals surface area contributed by atoms with Gasteiger partial charge in [0.15, 0.2) is 0 Å². The van der Waals surface area contributed by atoms with Gasteiger partial charge in [0.2, 0.25) is 0 Å². The highest BCUT2D eigenvalue weighted by molar-refractivity contribution is 5.85. The van der Waals surface area contributed by atoms with Crippen LogP contribution in [-0.4, -0.2) is 20.6 Å². The van der Waals surface area contributed by atoms with Crippen molar-refractivity contribution in [2.75, 3.05) is 0 Å². The van der Waals surface area contributed by atoms with Gasteiger partial charge in [-0.3, -0.25) is 0 Å². The second kappa shape index (κ2) is 5.37. The van der Waals surface area contributed by atoms with Crippen molar-refractivity contribution in [3.05, 3.63) is 30.9 Å². The van der Waals surface area contributed by atoms with Crippen molar-refractivity contribution in [3.8, 4) is 0 Å². The summed E-state index contributed by atoms with van der Waals surface area (Å²) >= 11 is 0. The molecule has 0 bridgehead atoms. The first kappa shape index (κ1) is 10.7. The maximum Gasteiger partial charge on any atom is 0.328 e. The van der Waals surface area contributed by atoms with E-state index < -0.39 is 5.97 Å². The predicted octanol–water partition coefficient (Wildman–Crippen LogP) is 0.946. The molecule has 0 unspecified atom stereocenters. The number of nitrogens with zero attached hydrogens (tertiary/aromatic N) is 2. The lowest BCUT2D eigenvalue weighted by molar-refractivity contribution is -0.131. The molecule has 0 saturated heterocycles. The van der Waals surface area contributed by atoms with Gasteiger partial charge in [-0.25, -0.2) is 9.78 Å². The van der Waals surface area contributed by atoms with Crippen LogP contribution >= 0.6 is 12.4 Å². The van der Waals surface area contributed by atoms with Gasteiger partial charge in [-0.15, -0.1) is 12.4 Å². The summed E-state index contributed by atoms with van der Waals surface area (Å²) in [6, 6.07) is 0. The van der Waals surface area contributed by atoms with Gasteiger partial charge in [0, 0.05) is 25.0 Å². The largest absolute Gasteiger partial charge is 0.478 e. The number of hydrogen-bond donors (Lipinski definition) is 1. The Morgan fingerprint density at radius 1 is 1.67 bits per heavy atom. The van der Waals surface area contributed by atoms with E-state index in [1.54, 1.807) is 29.4 Å². The van der Waals surface area contributed by atoms with E-state index in [0.717, 1.165) is 6.08 Å². The average molecular weight is 189 g/mol. The molecule has 0 fully saturated rings. The molecule has 0 aliphatic heterocycles. The van der Waals surface area contributed by atoms with Crippen molar-refractivity contribution in [2.24, 2.45) is 0 Å². The van der Waals surface area contributed by atoms with Crippen molar-refractivity contribution in [1.82, 2.24) is 9.55 Å². The Labute approximate surface area is 75.9 Å². The number of aliphatic carboxylic acids is 1. The highest BCUT2D eigenvalue weighted by atomic mass is 35.5. The third-order valence-corrected chi connectivity index (χ3v) is 1.14. The Hall–Kier alpha value is -1.29. The molecule has 1 aromatic rings. The molecule has 1 heterocycles. The second-order valence-corrected chi connectivity index (χ2v) is 2.00. The van der Waals surface area contributed by atoms with E-state index in [0.29, 0.717) is 6.54 Å². The maximum absolute atomic E-state index is 10.0. The highest BCUT2D eigenvalue weighted by Crippen LogP contribution is 1.86. The summed E-state index contributed by atoms with van der Waals surface area (Å²) in [5.74, 6) is -0.926. The minimum absolute atomic E-state index is 0. The molecule has 1 aromatic heterocycles. The van der Waals surface area contributed by atoms with E-state index in [1.807, 2.05) is 0 Å². The SMILES string of the molecule is Cl.O=C(O)/C=C/Cn1ccnc1. The van der Waals surface area contributed by atoms with Crippen LogP contribution in [0.15, 0.2) is 30.9 Å². The number of allylic oxidation sites excluding steroid dienone is 1. The summed E-state index contributed by atoms with van der Waals surface area (Å²) in [5, 5.41) is 8.23. The smallest absolute Gasteiger partial charge is 0.328 e. The summed E-state index contributed by atoms with van der Waals surface area (Å²) in [4.78, 5) is 13.8. The number of rotatable bonds is 3. The van der Waals surface area contributed by atoms with Crippen molar-refractivity contribution in [3.63, 3.8) is 0 Å². The van der Waals surface area contributed by atoms with Gasteiger partial charge in [-0.2, -0.15) is 0 Å². The van der Waals surface area contributed by atoms with Crippen molar-refractivity contribution < 1.29 is 9.90 Å². The first-order valence-corrected chi connectivity index (χ1v) is 3.14. The van der Waals surface area contributed by atoms with E-state index in [9.17, 15) is 4.79 Å². The van der Waals surface area contributed by atoms with Crippen molar-refractivity contribution in [1.29, 1.82) is 0 Å². The molecule has 0 aliphatic rings. The molecule has 5 heteroatoms. The lowest BCUT2D eigenvalue weighted by Crippen LogP contribution is -1.92. The summed E-state index contributed by atoms with van der Waals surface area (Å²) in [5.41, 5.74) is 0. The van der Waals surface area contributed by atoms with Crippen LogP contribution in [-0.2, 0) is 11.3 Å². The molecule has 0 saturated carbocycles. The normalized spacial score (nSPS) is 9.67. The number of aromatic nitrogens is 2. The van der Waals surface area contributed by atoms with Crippen LogP contribution in [0.2, 0.25) is 0 Å². The van der Waals surface area contributed by atoms with Gasteiger partial charge in [-0.05, 0) is 0 Å². The molecular formula is C7H9ClN2O2. The molecule has 0 aliphatic carbocycles. The van der Waals surface area contributed by atoms with E-state index >= 15 is 0 Å². The molecule has 0 spiro atoms. The fraction of sp³-hybridized carbons (Fsp3) is 0.143. The van der Waals surface area contributed by atoms with E-state index in [4.69, 9.17) is 5.11 Å². The molecule has 1 rings (SSSR count). The van der Waals surface area contributed by atoms with Gasteiger partial charge in [-0.1, -0.05) is 6.08 Å². The Bertz CT molecular complexity index is 256. The molecule has 4 nitrogen and oxygen atoms in total. The van der Waals surface area contributed by atoms with E-state index in [-0.39, 0.29) is 12.4 Å². The zero-order chi connectivity index (χ0) is 8.10. The summed E-state index contributed by atoms with van der Waals surface area (Å²) in [6.07, 6.45) is 7.72. The zero-order valence-corrected chi connectivity index (χ0v) is 7.07. The molecule has 0 radical (unpaired) electrons. The number of halogens is 1. The molecule has 0 atom stereocenters. The molecule has 0 amide bonds. The fourth-order valence-corrected chi connectivity index (χ4v) is 0.670. The van der Waals surface area contributed by atoms with Crippen LogP contribution < -0.4 is 0 Å². The third-order valence-electron chi connectivity index (χ3n) is 1.14. The van der Waals surface area contributed by atoms with Crippen LogP contribution in [0.1, 0.15) is 0 Å². The topological polar surface area (TPSA) is 55.1 Å². The summed E-state index contributed by atoms with van der Waals surface area (Å²) in [6.45, 7) is 0.548. The molecule has 0 aromatic carbocycles. The van der Waals surface area contributed by atoms with Crippen molar-refractivity contribution in [2.45, 2.75) is 6.54 Å². The van der Waals surface area contributed by atoms with E-state index in [2.05, 4.69) is 4.98 Å². The Kier molecular flexibility index (Phi) is 4.79. The average Bonchev–Trinajstić information content (AvgIpc) is 2.39. The van der Waals surface area contributed by atoms with Gasteiger partial charge in [0.05, 0.1) is 6.33 Å². The minimum atomic E-state index is -0.926. The summed E-state index contributed by atoms with van der Waals surface area (Å²) < 4.78 is 1.78.